The van der Waals surface area contributed by atoms with E-state index >= 15 is 0 Å². The molecule has 1 aromatic carbocycles. The van der Waals surface area contributed by atoms with Gasteiger partial charge in [0.25, 0.3) is 10.0 Å². The fourth-order valence-corrected chi connectivity index (χ4v) is 4.94. The number of benzene rings is 1. The number of thiazole rings is 1. The highest BCUT2D eigenvalue weighted by atomic mass is 32.2. The molecular weight excluding hydrogens is 358 g/mol. The molecule has 6 nitrogen and oxygen atoms in total. The van der Waals surface area contributed by atoms with E-state index in [0.717, 1.165) is 22.4 Å². The van der Waals surface area contributed by atoms with E-state index in [1.807, 2.05) is 33.1 Å². The Kier molecular flexibility index (Phi) is 5.65. The van der Waals surface area contributed by atoms with Gasteiger partial charge >= 0.3 is 0 Å². The summed E-state index contributed by atoms with van der Waals surface area (Å²) in [5.41, 5.74) is 7.46. The first-order valence-corrected chi connectivity index (χ1v) is 10.2. The number of rotatable bonds is 5. The average Bonchev–Trinajstić information content (AvgIpc) is 2.94. The van der Waals surface area contributed by atoms with Crippen LogP contribution in [0.1, 0.15) is 38.5 Å². The van der Waals surface area contributed by atoms with E-state index < -0.39 is 15.9 Å². The summed E-state index contributed by atoms with van der Waals surface area (Å²) in [6, 6.07) is 0. The second-order valence-corrected chi connectivity index (χ2v) is 8.73. The molecule has 2 N–H and O–H groups in total. The van der Waals surface area contributed by atoms with Crippen LogP contribution in [0.4, 0.5) is 0 Å². The first kappa shape index (κ1) is 19.6. The van der Waals surface area contributed by atoms with Crippen molar-refractivity contribution in [2.24, 2.45) is 0 Å². The Morgan fingerprint density at radius 1 is 1.00 bits per heavy atom. The molecule has 0 saturated carbocycles. The van der Waals surface area contributed by atoms with E-state index in [9.17, 15) is 13.2 Å². The van der Waals surface area contributed by atoms with Gasteiger partial charge in [0, 0.05) is 11.1 Å². The van der Waals surface area contributed by atoms with Crippen molar-refractivity contribution >= 4 is 27.3 Å². The van der Waals surface area contributed by atoms with E-state index in [0.29, 0.717) is 16.1 Å². The normalized spacial score (nSPS) is 11.6. The number of hydrogen-bond acceptors (Lipinski definition) is 5. The molecule has 0 aliphatic heterocycles. The smallest absolute Gasteiger partial charge is 0.257 e. The van der Waals surface area contributed by atoms with E-state index in [-0.39, 0.29) is 11.3 Å². The molecule has 8 heteroatoms. The number of aryl methyl sites for hydroxylation is 1. The summed E-state index contributed by atoms with van der Waals surface area (Å²) in [5, 5.41) is 2.49. The molecule has 2 aromatic rings. The van der Waals surface area contributed by atoms with Crippen molar-refractivity contribution in [2.45, 2.75) is 52.9 Å². The van der Waals surface area contributed by atoms with Crippen LogP contribution < -0.4 is 10.3 Å². The van der Waals surface area contributed by atoms with Gasteiger partial charge in [0.05, 0.1) is 11.3 Å². The second kappa shape index (κ2) is 7.23. The number of amides is 1. The number of nitrogens with one attached hydrogen (secondary N) is 2. The van der Waals surface area contributed by atoms with Gasteiger partial charge in [0.2, 0.25) is 5.91 Å². The molecule has 1 heterocycles. The minimum absolute atomic E-state index is 0.0327. The number of hydrazine groups is 1. The van der Waals surface area contributed by atoms with Gasteiger partial charge in [-0.2, -0.15) is 0 Å². The maximum absolute atomic E-state index is 12.7. The molecule has 0 fully saturated rings. The molecule has 1 amide bonds. The second-order valence-electron chi connectivity index (χ2n) is 6.17. The van der Waals surface area contributed by atoms with Gasteiger partial charge in [-0.3, -0.25) is 10.2 Å². The molecule has 0 atom stereocenters. The SMILES string of the molecule is Cc1csc(CC(=O)NNS(=O)(=O)c2c(C)c(C)c(C)c(C)c2C)n1. The molecule has 2 rings (SSSR count). The molecule has 136 valence electrons. The standard InChI is InChI=1S/C17H23N3O3S2/c1-9-8-24-16(18-9)7-15(21)19-20-25(22,23)17-13(5)11(3)10(2)12(4)14(17)6/h8,20H,7H2,1-6H3,(H,19,21). The third-order valence-corrected chi connectivity index (χ3v) is 6.99. The van der Waals surface area contributed by atoms with Gasteiger partial charge in [-0.15, -0.1) is 16.2 Å². The maximum Gasteiger partial charge on any atom is 0.257 e. The minimum Gasteiger partial charge on any atom is -0.277 e. The Labute approximate surface area is 152 Å². The lowest BCUT2D eigenvalue weighted by Gasteiger charge is -2.19. The summed E-state index contributed by atoms with van der Waals surface area (Å²) >= 11 is 1.37. The molecule has 0 radical (unpaired) electrons. The van der Waals surface area contributed by atoms with Crippen molar-refractivity contribution in [3.05, 3.63) is 43.9 Å². The minimum atomic E-state index is -3.86. The first-order valence-electron chi connectivity index (χ1n) is 7.83. The average molecular weight is 382 g/mol. The maximum atomic E-state index is 12.7. The van der Waals surface area contributed by atoms with Crippen molar-refractivity contribution in [3.63, 3.8) is 0 Å². The highest BCUT2D eigenvalue weighted by molar-refractivity contribution is 7.89. The number of sulfonamides is 1. The summed E-state index contributed by atoms with van der Waals surface area (Å²) in [5.74, 6) is -0.450. The highest BCUT2D eigenvalue weighted by Gasteiger charge is 2.24. The van der Waals surface area contributed by atoms with Crippen LogP contribution in [-0.4, -0.2) is 19.3 Å². The zero-order chi connectivity index (χ0) is 18.9. The largest absolute Gasteiger partial charge is 0.277 e. The van der Waals surface area contributed by atoms with Crippen LogP contribution in [-0.2, 0) is 21.2 Å². The highest BCUT2D eigenvalue weighted by Crippen LogP contribution is 2.29. The molecule has 25 heavy (non-hydrogen) atoms. The fraction of sp³-hybridized carbons (Fsp3) is 0.412. The van der Waals surface area contributed by atoms with Gasteiger partial charge in [0.15, 0.2) is 0 Å². The van der Waals surface area contributed by atoms with Crippen molar-refractivity contribution in [1.29, 1.82) is 0 Å². The van der Waals surface area contributed by atoms with E-state index in [4.69, 9.17) is 0 Å². The lowest BCUT2D eigenvalue weighted by Crippen LogP contribution is -2.42. The van der Waals surface area contributed by atoms with Crippen LogP contribution in [0, 0.1) is 41.5 Å². The molecule has 0 spiro atoms. The lowest BCUT2D eigenvalue weighted by molar-refractivity contribution is -0.120. The predicted octanol–water partition coefficient (Wildman–Crippen LogP) is 2.55. The third-order valence-electron chi connectivity index (χ3n) is 4.50. The van der Waals surface area contributed by atoms with E-state index in [1.165, 1.54) is 11.3 Å². The number of hydrogen-bond donors (Lipinski definition) is 2. The van der Waals surface area contributed by atoms with Crippen molar-refractivity contribution in [3.8, 4) is 0 Å². The molecule has 0 aliphatic rings. The van der Waals surface area contributed by atoms with Gasteiger partial charge in [-0.25, -0.2) is 13.4 Å². The van der Waals surface area contributed by atoms with Crippen molar-refractivity contribution < 1.29 is 13.2 Å². The summed E-state index contributed by atoms with van der Waals surface area (Å²) in [6.45, 7) is 11.2. The van der Waals surface area contributed by atoms with Crippen LogP contribution in [0.5, 0.6) is 0 Å². The van der Waals surface area contributed by atoms with Crippen LogP contribution in [0.15, 0.2) is 10.3 Å². The number of carbonyl (C=O) groups excluding carboxylic acids is 1. The summed E-state index contributed by atoms with van der Waals surface area (Å²) in [7, 11) is -3.86. The number of aromatic nitrogens is 1. The summed E-state index contributed by atoms with van der Waals surface area (Å²) in [6.07, 6.45) is 0.0327. The van der Waals surface area contributed by atoms with Crippen LogP contribution in [0.2, 0.25) is 0 Å². The summed E-state index contributed by atoms with van der Waals surface area (Å²) in [4.78, 5) is 18.6. The Hall–Kier alpha value is -1.77. The number of nitrogens with zero attached hydrogens (tertiary/aromatic N) is 1. The van der Waals surface area contributed by atoms with Gasteiger partial charge in [0.1, 0.15) is 5.01 Å². The molecular formula is C17H23N3O3S2. The molecule has 0 aliphatic carbocycles. The Bertz CT molecular complexity index is 902. The zero-order valence-corrected chi connectivity index (χ0v) is 16.9. The van der Waals surface area contributed by atoms with Crippen LogP contribution in [0.3, 0.4) is 0 Å². The Balaban J connectivity index is 2.21. The molecule has 0 unspecified atom stereocenters. The zero-order valence-electron chi connectivity index (χ0n) is 15.3. The Morgan fingerprint density at radius 2 is 1.52 bits per heavy atom. The predicted molar refractivity (Wildman–Crippen MR) is 99.1 cm³/mol. The fourth-order valence-electron chi connectivity index (χ4n) is 2.71. The lowest BCUT2D eigenvalue weighted by atomic mass is 9.95. The quantitative estimate of drug-likeness (QED) is 0.779. The van der Waals surface area contributed by atoms with Crippen LogP contribution in [0.25, 0.3) is 0 Å². The van der Waals surface area contributed by atoms with Crippen LogP contribution >= 0.6 is 11.3 Å². The summed E-state index contributed by atoms with van der Waals surface area (Å²) < 4.78 is 25.4. The number of carbonyl (C=O) groups is 1. The van der Waals surface area contributed by atoms with E-state index in [2.05, 4.69) is 15.2 Å². The third kappa shape index (κ3) is 4.08. The molecule has 1 aromatic heterocycles. The monoisotopic (exact) mass is 381 g/mol. The first-order chi connectivity index (χ1) is 11.5. The molecule has 0 bridgehead atoms. The van der Waals surface area contributed by atoms with E-state index in [1.54, 1.807) is 13.8 Å². The molecule has 0 saturated heterocycles. The van der Waals surface area contributed by atoms with Crippen molar-refractivity contribution in [1.82, 2.24) is 15.2 Å². The van der Waals surface area contributed by atoms with Gasteiger partial charge in [-0.05, 0) is 69.4 Å². The van der Waals surface area contributed by atoms with Gasteiger partial charge in [-0.1, -0.05) is 0 Å². The topological polar surface area (TPSA) is 88.2 Å². The van der Waals surface area contributed by atoms with Gasteiger partial charge < -0.3 is 0 Å². The Morgan fingerprint density at radius 3 is 2.00 bits per heavy atom. The van der Waals surface area contributed by atoms with Crippen molar-refractivity contribution in [2.75, 3.05) is 0 Å².